The van der Waals surface area contributed by atoms with Gasteiger partial charge in [0.05, 0.1) is 17.9 Å². The number of carbonyl (C=O) groups excluding carboxylic acids is 2. The van der Waals surface area contributed by atoms with Crippen LogP contribution in [-0.2, 0) is 21.7 Å². The van der Waals surface area contributed by atoms with Crippen molar-refractivity contribution < 1.29 is 14.3 Å². The van der Waals surface area contributed by atoms with Crippen LogP contribution in [0.2, 0.25) is 0 Å². The van der Waals surface area contributed by atoms with Gasteiger partial charge in [0, 0.05) is 17.2 Å². The molecule has 0 aliphatic carbocycles. The smallest absolute Gasteiger partial charge is 0.337 e. The molecule has 2 aromatic rings. The fourth-order valence-electron chi connectivity index (χ4n) is 2.06. The molecule has 0 bridgehead atoms. The number of hydrogen-bond donors (Lipinski definition) is 1. The lowest BCUT2D eigenvalue weighted by Crippen LogP contribution is -2.32. The largest absolute Gasteiger partial charge is 0.465 e. The number of esters is 1. The number of amides is 1. The molecule has 1 aromatic carbocycles. The Labute approximate surface area is 150 Å². The first-order chi connectivity index (χ1) is 11.6. The normalized spacial score (nSPS) is 11.8. The molecule has 24 heavy (non-hydrogen) atoms. The van der Waals surface area contributed by atoms with Gasteiger partial charge in [-0.3, -0.25) is 4.79 Å². The third-order valence-corrected chi connectivity index (χ3v) is 5.65. The average molecular weight is 364 g/mol. The first kappa shape index (κ1) is 18.5. The molecular formula is C18H21NO3S2. The number of thioether (sulfide) groups is 1. The predicted octanol–water partition coefficient (Wildman–Crippen LogP) is 3.52. The SMILES string of the molecule is COC(=O)c1ccc(CSC(C)C(=O)NCCc2cccs2)cc1. The van der Waals surface area contributed by atoms with E-state index in [2.05, 4.69) is 16.1 Å². The summed E-state index contributed by atoms with van der Waals surface area (Å²) in [6, 6.07) is 11.4. The second-order valence-electron chi connectivity index (χ2n) is 5.26. The van der Waals surface area contributed by atoms with Crippen LogP contribution in [0.4, 0.5) is 0 Å². The maximum Gasteiger partial charge on any atom is 0.337 e. The molecule has 1 aromatic heterocycles. The number of hydrogen-bond acceptors (Lipinski definition) is 5. The molecule has 1 heterocycles. The second kappa shape index (κ2) is 9.49. The highest BCUT2D eigenvalue weighted by atomic mass is 32.2. The third kappa shape index (κ3) is 5.69. The van der Waals surface area contributed by atoms with E-state index in [-0.39, 0.29) is 17.1 Å². The van der Waals surface area contributed by atoms with Crippen molar-refractivity contribution in [1.82, 2.24) is 5.32 Å². The average Bonchev–Trinajstić information content (AvgIpc) is 3.12. The van der Waals surface area contributed by atoms with E-state index in [4.69, 9.17) is 0 Å². The van der Waals surface area contributed by atoms with Gasteiger partial charge in [-0.1, -0.05) is 18.2 Å². The predicted molar refractivity (Wildman–Crippen MR) is 99.6 cm³/mol. The van der Waals surface area contributed by atoms with Crippen LogP contribution in [-0.4, -0.2) is 30.8 Å². The minimum Gasteiger partial charge on any atom is -0.465 e. The van der Waals surface area contributed by atoms with Crippen molar-refractivity contribution in [3.8, 4) is 0 Å². The van der Waals surface area contributed by atoms with Crippen molar-refractivity contribution in [1.29, 1.82) is 0 Å². The number of methoxy groups -OCH3 is 1. The van der Waals surface area contributed by atoms with E-state index < -0.39 is 0 Å². The lowest BCUT2D eigenvalue weighted by Gasteiger charge is -2.12. The van der Waals surface area contributed by atoms with Crippen LogP contribution in [0, 0.1) is 0 Å². The van der Waals surface area contributed by atoms with Crippen molar-refractivity contribution in [2.24, 2.45) is 0 Å². The Hall–Kier alpha value is -1.79. The highest BCUT2D eigenvalue weighted by Gasteiger charge is 2.13. The number of benzene rings is 1. The Morgan fingerprint density at radius 2 is 2.00 bits per heavy atom. The molecule has 0 fully saturated rings. The fourth-order valence-corrected chi connectivity index (χ4v) is 3.64. The molecule has 6 heteroatoms. The minimum atomic E-state index is -0.340. The van der Waals surface area contributed by atoms with Crippen LogP contribution in [0.3, 0.4) is 0 Å². The second-order valence-corrected chi connectivity index (χ2v) is 7.62. The van der Waals surface area contributed by atoms with Gasteiger partial charge in [0.1, 0.15) is 0 Å². The van der Waals surface area contributed by atoms with Gasteiger partial charge in [-0.25, -0.2) is 4.79 Å². The van der Waals surface area contributed by atoms with E-state index in [1.165, 1.54) is 12.0 Å². The van der Waals surface area contributed by atoms with Crippen LogP contribution < -0.4 is 5.32 Å². The minimum absolute atomic E-state index is 0.0581. The summed E-state index contributed by atoms with van der Waals surface area (Å²) in [7, 11) is 1.37. The Bertz CT molecular complexity index is 653. The van der Waals surface area contributed by atoms with Gasteiger partial charge in [0.25, 0.3) is 0 Å². The molecule has 1 atom stereocenters. The summed E-state index contributed by atoms with van der Waals surface area (Å²) in [6.45, 7) is 2.58. The van der Waals surface area contributed by atoms with Crippen molar-refractivity contribution >= 4 is 35.0 Å². The zero-order valence-electron chi connectivity index (χ0n) is 13.8. The molecule has 0 aliphatic heterocycles. The first-order valence-electron chi connectivity index (χ1n) is 7.69. The summed E-state index contributed by atoms with van der Waals surface area (Å²) in [5, 5.41) is 4.90. The zero-order chi connectivity index (χ0) is 17.4. The van der Waals surface area contributed by atoms with Gasteiger partial charge in [-0.15, -0.1) is 23.1 Å². The monoisotopic (exact) mass is 363 g/mol. The van der Waals surface area contributed by atoms with Gasteiger partial charge in [0.2, 0.25) is 5.91 Å². The lowest BCUT2D eigenvalue weighted by molar-refractivity contribution is -0.120. The third-order valence-electron chi connectivity index (χ3n) is 3.49. The molecule has 0 saturated carbocycles. The van der Waals surface area contributed by atoms with Crippen LogP contribution >= 0.6 is 23.1 Å². The maximum absolute atomic E-state index is 12.1. The Balaban J connectivity index is 1.72. The molecule has 1 unspecified atom stereocenters. The van der Waals surface area contributed by atoms with Gasteiger partial charge in [-0.05, 0) is 42.5 Å². The van der Waals surface area contributed by atoms with E-state index in [1.807, 2.05) is 30.5 Å². The molecule has 0 aliphatic rings. The van der Waals surface area contributed by atoms with Crippen LogP contribution in [0.25, 0.3) is 0 Å². The Kier molecular flexibility index (Phi) is 7.34. The molecule has 2 rings (SSSR count). The van der Waals surface area contributed by atoms with Gasteiger partial charge in [0.15, 0.2) is 0 Å². The Morgan fingerprint density at radius 3 is 2.62 bits per heavy atom. The maximum atomic E-state index is 12.1. The van der Waals surface area contributed by atoms with Crippen molar-refractivity contribution in [3.63, 3.8) is 0 Å². The first-order valence-corrected chi connectivity index (χ1v) is 9.62. The molecule has 1 N–H and O–H groups in total. The summed E-state index contributed by atoms with van der Waals surface area (Å²) in [4.78, 5) is 24.8. The highest BCUT2D eigenvalue weighted by Crippen LogP contribution is 2.18. The standard InChI is InChI=1S/C18H21NO3S2/c1-13(17(20)19-10-9-16-4-3-11-23-16)24-12-14-5-7-15(8-6-14)18(21)22-2/h3-8,11,13H,9-10,12H2,1-2H3,(H,19,20). The number of carbonyl (C=O) groups is 2. The van der Waals surface area contributed by atoms with E-state index in [1.54, 1.807) is 35.2 Å². The van der Waals surface area contributed by atoms with Crippen LogP contribution in [0.1, 0.15) is 27.7 Å². The topological polar surface area (TPSA) is 55.4 Å². The fraction of sp³-hybridized carbons (Fsp3) is 0.333. The molecule has 1 amide bonds. The van der Waals surface area contributed by atoms with E-state index in [0.717, 1.165) is 17.7 Å². The van der Waals surface area contributed by atoms with E-state index >= 15 is 0 Å². The van der Waals surface area contributed by atoms with Crippen LogP contribution in [0.5, 0.6) is 0 Å². The number of nitrogens with one attached hydrogen (secondary N) is 1. The molecule has 128 valence electrons. The molecule has 0 radical (unpaired) electrons. The van der Waals surface area contributed by atoms with Crippen molar-refractivity contribution in [2.75, 3.05) is 13.7 Å². The quantitative estimate of drug-likeness (QED) is 0.729. The van der Waals surface area contributed by atoms with Gasteiger partial charge >= 0.3 is 5.97 Å². The highest BCUT2D eigenvalue weighted by molar-refractivity contribution is 7.99. The molecule has 4 nitrogen and oxygen atoms in total. The number of ether oxygens (including phenoxy) is 1. The van der Waals surface area contributed by atoms with E-state index in [9.17, 15) is 9.59 Å². The summed E-state index contributed by atoms with van der Waals surface area (Å²) < 4.78 is 4.67. The molecule has 0 spiro atoms. The number of thiophene rings is 1. The molecular weight excluding hydrogens is 342 g/mol. The van der Waals surface area contributed by atoms with Crippen molar-refractivity contribution in [3.05, 3.63) is 57.8 Å². The summed E-state index contributed by atoms with van der Waals surface area (Å²) in [5.41, 5.74) is 1.61. The number of rotatable bonds is 8. The summed E-state index contributed by atoms with van der Waals surface area (Å²) in [6.07, 6.45) is 0.871. The van der Waals surface area contributed by atoms with Crippen LogP contribution in [0.15, 0.2) is 41.8 Å². The van der Waals surface area contributed by atoms with E-state index in [0.29, 0.717) is 12.1 Å². The summed E-state index contributed by atoms with van der Waals surface area (Å²) in [5.74, 6) is 0.441. The lowest BCUT2D eigenvalue weighted by atomic mass is 10.1. The zero-order valence-corrected chi connectivity index (χ0v) is 15.4. The summed E-state index contributed by atoms with van der Waals surface area (Å²) >= 11 is 3.29. The van der Waals surface area contributed by atoms with Gasteiger partial charge in [-0.2, -0.15) is 0 Å². The Morgan fingerprint density at radius 1 is 1.25 bits per heavy atom. The van der Waals surface area contributed by atoms with Gasteiger partial charge < -0.3 is 10.1 Å². The molecule has 0 saturated heterocycles. The van der Waals surface area contributed by atoms with Crippen molar-refractivity contribution in [2.45, 2.75) is 24.3 Å².